The highest BCUT2D eigenvalue weighted by Crippen LogP contribution is 2.28. The number of rotatable bonds is 5. The normalized spacial score (nSPS) is 18.0. The third kappa shape index (κ3) is 4.10. The minimum atomic E-state index is -3.88. The lowest BCUT2D eigenvalue weighted by molar-refractivity contribution is -0.121. The Bertz CT molecular complexity index is 1330. The van der Waals surface area contributed by atoms with E-state index in [-0.39, 0.29) is 18.0 Å². The molecule has 4 rings (SSSR count). The number of fused-ring (bicyclic) bond motifs is 1. The quantitative estimate of drug-likeness (QED) is 0.520. The molecule has 0 saturated carbocycles. The van der Waals surface area contributed by atoms with Gasteiger partial charge >= 0.3 is 0 Å². The van der Waals surface area contributed by atoms with Gasteiger partial charge in [0.1, 0.15) is 11.9 Å². The van der Waals surface area contributed by atoms with E-state index in [1.165, 1.54) is 46.0 Å². The molecule has 0 spiro atoms. The summed E-state index contributed by atoms with van der Waals surface area (Å²) in [6.45, 7) is 4.19. The molecular formula is C21H19ClFN3O3S2. The van der Waals surface area contributed by atoms with E-state index in [0.29, 0.717) is 32.9 Å². The minimum absolute atomic E-state index is 0.0715. The van der Waals surface area contributed by atoms with Crippen molar-refractivity contribution in [1.29, 1.82) is 0 Å². The highest BCUT2D eigenvalue weighted by Gasteiger charge is 2.39. The van der Waals surface area contributed by atoms with Gasteiger partial charge < -0.3 is 4.57 Å². The molecule has 10 heteroatoms. The van der Waals surface area contributed by atoms with E-state index in [2.05, 4.69) is 11.6 Å². The molecule has 0 bridgehead atoms. The Morgan fingerprint density at radius 2 is 2.03 bits per heavy atom. The second-order valence-corrected chi connectivity index (χ2v) is 10.4. The Balaban J connectivity index is 1.73. The summed E-state index contributed by atoms with van der Waals surface area (Å²) < 4.78 is 44.0. The van der Waals surface area contributed by atoms with Crippen LogP contribution in [0.4, 0.5) is 4.39 Å². The van der Waals surface area contributed by atoms with E-state index in [4.69, 9.17) is 11.6 Å². The van der Waals surface area contributed by atoms with Gasteiger partial charge in [0.15, 0.2) is 4.80 Å². The van der Waals surface area contributed by atoms with E-state index in [9.17, 15) is 17.6 Å². The molecule has 1 aliphatic heterocycles. The summed E-state index contributed by atoms with van der Waals surface area (Å²) in [7, 11) is -3.88. The van der Waals surface area contributed by atoms with E-state index in [1.54, 1.807) is 22.8 Å². The average molecular weight is 480 g/mol. The molecule has 1 atom stereocenters. The Kier molecular flexibility index (Phi) is 6.11. The molecule has 0 N–H and O–H groups in total. The summed E-state index contributed by atoms with van der Waals surface area (Å²) in [5.41, 5.74) is 0.344. The van der Waals surface area contributed by atoms with Crippen molar-refractivity contribution in [2.75, 3.05) is 6.54 Å². The van der Waals surface area contributed by atoms with Crippen molar-refractivity contribution in [2.45, 2.75) is 30.3 Å². The molecular weight excluding hydrogens is 461 g/mol. The molecule has 1 saturated heterocycles. The van der Waals surface area contributed by atoms with Crippen LogP contribution in [-0.4, -0.2) is 35.8 Å². The average Bonchev–Trinajstić information content (AvgIpc) is 3.35. The van der Waals surface area contributed by atoms with Crippen molar-refractivity contribution in [3.63, 3.8) is 0 Å². The molecule has 31 heavy (non-hydrogen) atoms. The van der Waals surface area contributed by atoms with Crippen molar-refractivity contribution < 1.29 is 17.6 Å². The maximum absolute atomic E-state index is 14.4. The summed E-state index contributed by atoms with van der Waals surface area (Å²) in [4.78, 5) is 17.6. The highest BCUT2D eigenvalue weighted by atomic mass is 35.5. The van der Waals surface area contributed by atoms with Gasteiger partial charge in [0, 0.05) is 18.1 Å². The van der Waals surface area contributed by atoms with Crippen molar-refractivity contribution in [2.24, 2.45) is 4.99 Å². The topological polar surface area (TPSA) is 71.7 Å². The first-order valence-corrected chi connectivity index (χ1v) is 12.2. The number of benzene rings is 2. The summed E-state index contributed by atoms with van der Waals surface area (Å²) in [5, 5.41) is 0.423. The van der Waals surface area contributed by atoms with Gasteiger partial charge in [-0.25, -0.2) is 12.8 Å². The fourth-order valence-corrected chi connectivity index (χ4v) is 6.49. The second kappa shape index (κ2) is 8.66. The summed E-state index contributed by atoms with van der Waals surface area (Å²) in [5.74, 6) is -0.989. The monoisotopic (exact) mass is 479 g/mol. The third-order valence-corrected chi connectivity index (χ3v) is 8.30. The van der Waals surface area contributed by atoms with Crippen LogP contribution < -0.4 is 4.80 Å². The summed E-state index contributed by atoms with van der Waals surface area (Å²) in [6.07, 6.45) is 2.51. The van der Waals surface area contributed by atoms with Gasteiger partial charge in [-0.1, -0.05) is 35.1 Å². The molecule has 1 aromatic heterocycles. The molecule has 3 aromatic rings. The lowest BCUT2D eigenvalue weighted by atomic mass is 10.2. The molecule has 0 aliphatic carbocycles. The van der Waals surface area contributed by atoms with E-state index in [0.717, 1.165) is 0 Å². The third-order valence-electron chi connectivity index (χ3n) is 5.08. The first kappa shape index (κ1) is 21.9. The van der Waals surface area contributed by atoms with Gasteiger partial charge in [0.25, 0.3) is 5.91 Å². The molecule has 1 fully saturated rings. The lowest BCUT2D eigenvalue weighted by Gasteiger charge is -2.21. The fourth-order valence-electron chi connectivity index (χ4n) is 3.66. The zero-order chi connectivity index (χ0) is 22.2. The van der Waals surface area contributed by atoms with Crippen LogP contribution in [0.1, 0.15) is 12.8 Å². The molecule has 1 unspecified atom stereocenters. The van der Waals surface area contributed by atoms with Gasteiger partial charge in [0.2, 0.25) is 10.0 Å². The number of hydrogen-bond acceptors (Lipinski definition) is 4. The van der Waals surface area contributed by atoms with E-state index in [1.807, 2.05) is 0 Å². The molecule has 0 radical (unpaired) electrons. The number of hydrogen-bond donors (Lipinski definition) is 0. The number of aromatic nitrogens is 1. The molecule has 2 heterocycles. The van der Waals surface area contributed by atoms with Crippen molar-refractivity contribution in [3.8, 4) is 0 Å². The zero-order valence-corrected chi connectivity index (χ0v) is 18.8. The number of para-hydroxylation sites is 1. The Morgan fingerprint density at radius 3 is 2.74 bits per heavy atom. The molecule has 1 aliphatic rings. The largest absolute Gasteiger partial charge is 0.310 e. The number of carbonyl (C=O) groups is 1. The zero-order valence-electron chi connectivity index (χ0n) is 16.4. The predicted octanol–water partition coefficient (Wildman–Crippen LogP) is 3.96. The molecule has 1 amide bonds. The minimum Gasteiger partial charge on any atom is -0.310 e. The van der Waals surface area contributed by atoms with Crippen LogP contribution in [-0.2, 0) is 21.4 Å². The fraction of sp³-hybridized carbons (Fsp3) is 0.238. The van der Waals surface area contributed by atoms with Gasteiger partial charge in [-0.05, 0) is 49.2 Å². The Hall–Kier alpha value is -2.33. The Morgan fingerprint density at radius 1 is 1.29 bits per heavy atom. The predicted molar refractivity (Wildman–Crippen MR) is 119 cm³/mol. The van der Waals surface area contributed by atoms with Gasteiger partial charge in [-0.2, -0.15) is 9.30 Å². The summed E-state index contributed by atoms with van der Waals surface area (Å²) in [6, 6.07) is 9.60. The SMILES string of the molecule is C=CCn1c(=NC(=O)C2CCCN2S(=O)(=O)c2ccc(Cl)cc2)sc2cccc(F)c21. The first-order valence-electron chi connectivity index (χ1n) is 9.57. The lowest BCUT2D eigenvalue weighted by Crippen LogP contribution is -2.40. The molecule has 162 valence electrons. The first-order chi connectivity index (χ1) is 14.8. The van der Waals surface area contributed by atoms with Crippen LogP contribution in [0.3, 0.4) is 0 Å². The van der Waals surface area contributed by atoms with E-state index >= 15 is 0 Å². The second-order valence-electron chi connectivity index (χ2n) is 7.05. The van der Waals surface area contributed by atoms with Gasteiger partial charge in [-0.3, -0.25) is 4.79 Å². The Labute approximate surface area is 188 Å². The van der Waals surface area contributed by atoms with Gasteiger partial charge in [0.05, 0.1) is 15.1 Å². The van der Waals surface area contributed by atoms with Crippen LogP contribution >= 0.6 is 22.9 Å². The number of allylic oxidation sites excluding steroid dienone is 1. The van der Waals surface area contributed by atoms with E-state index < -0.39 is 27.8 Å². The number of thiazole rings is 1. The maximum Gasteiger partial charge on any atom is 0.266 e. The number of amides is 1. The van der Waals surface area contributed by atoms with Crippen LogP contribution in [0.5, 0.6) is 0 Å². The standard InChI is InChI=1S/C21H19ClFN3O3S2/c1-2-12-25-19-16(23)5-3-7-18(19)30-21(25)24-20(27)17-6-4-13-26(17)31(28,29)15-10-8-14(22)9-11-15/h2-3,5,7-11,17H,1,4,6,12-13H2. The van der Waals surface area contributed by atoms with Crippen LogP contribution in [0.25, 0.3) is 10.2 Å². The highest BCUT2D eigenvalue weighted by molar-refractivity contribution is 7.89. The number of nitrogens with zero attached hydrogens (tertiary/aromatic N) is 3. The smallest absolute Gasteiger partial charge is 0.266 e. The maximum atomic E-state index is 14.4. The van der Waals surface area contributed by atoms with Crippen molar-refractivity contribution in [1.82, 2.24) is 8.87 Å². The summed E-state index contributed by atoms with van der Waals surface area (Å²) >= 11 is 7.04. The molecule has 6 nitrogen and oxygen atoms in total. The van der Waals surface area contributed by atoms with Crippen LogP contribution in [0, 0.1) is 5.82 Å². The molecule has 2 aromatic carbocycles. The van der Waals surface area contributed by atoms with Crippen molar-refractivity contribution >= 4 is 49.1 Å². The number of carbonyl (C=O) groups excluding carboxylic acids is 1. The van der Waals surface area contributed by atoms with Gasteiger partial charge in [-0.15, -0.1) is 6.58 Å². The van der Waals surface area contributed by atoms with Crippen LogP contribution in [0.2, 0.25) is 5.02 Å². The number of sulfonamides is 1. The van der Waals surface area contributed by atoms with Crippen molar-refractivity contribution in [3.05, 3.63) is 70.8 Å². The number of halogens is 2. The van der Waals surface area contributed by atoms with Crippen LogP contribution in [0.15, 0.2) is 65.0 Å².